The van der Waals surface area contributed by atoms with Crippen LogP contribution in [0.5, 0.6) is 11.5 Å². The molecule has 7 heteroatoms. The van der Waals surface area contributed by atoms with Gasteiger partial charge in [-0.25, -0.2) is 4.39 Å². The molecule has 25 heavy (non-hydrogen) atoms. The Labute approximate surface area is 144 Å². The van der Waals surface area contributed by atoms with Gasteiger partial charge in [0.2, 0.25) is 0 Å². The van der Waals surface area contributed by atoms with E-state index in [0.717, 1.165) is 17.1 Å². The minimum Gasteiger partial charge on any atom is -0.454 e. The van der Waals surface area contributed by atoms with Gasteiger partial charge >= 0.3 is 0 Å². The third kappa shape index (κ3) is 3.03. The van der Waals surface area contributed by atoms with Crippen molar-refractivity contribution in [3.8, 4) is 11.5 Å². The van der Waals surface area contributed by atoms with Gasteiger partial charge in [-0.1, -0.05) is 0 Å². The van der Waals surface area contributed by atoms with Crippen molar-refractivity contribution in [3.05, 3.63) is 54.1 Å². The lowest BCUT2D eigenvalue weighted by Crippen LogP contribution is -1.98. The molecule has 0 saturated carbocycles. The number of anilines is 1. The van der Waals surface area contributed by atoms with Crippen LogP contribution in [-0.4, -0.2) is 23.0 Å². The Bertz CT molecular complexity index is 977. The Morgan fingerprint density at radius 3 is 2.76 bits per heavy atom. The number of ether oxygens (including phenoxy) is 1. The van der Waals surface area contributed by atoms with Gasteiger partial charge < -0.3 is 21.2 Å². The largest absolute Gasteiger partial charge is 0.454 e. The van der Waals surface area contributed by atoms with Crippen molar-refractivity contribution in [1.29, 1.82) is 5.41 Å². The summed E-state index contributed by atoms with van der Waals surface area (Å²) in [5, 5.41) is 15.5. The zero-order valence-corrected chi connectivity index (χ0v) is 13.9. The number of rotatable bonds is 5. The first-order valence-electron chi connectivity index (χ1n) is 7.61. The van der Waals surface area contributed by atoms with Crippen molar-refractivity contribution in [1.82, 2.24) is 9.78 Å². The van der Waals surface area contributed by atoms with E-state index in [4.69, 9.17) is 15.9 Å². The van der Waals surface area contributed by atoms with Crippen LogP contribution in [0.3, 0.4) is 0 Å². The van der Waals surface area contributed by atoms with E-state index < -0.39 is 5.82 Å². The maximum absolute atomic E-state index is 14.3. The van der Waals surface area contributed by atoms with Crippen LogP contribution in [0.2, 0.25) is 0 Å². The summed E-state index contributed by atoms with van der Waals surface area (Å²) in [6.07, 6.45) is 4.14. The number of nitrogens with zero attached hydrogens (tertiary/aromatic N) is 2. The van der Waals surface area contributed by atoms with Gasteiger partial charge in [0.15, 0.2) is 11.6 Å². The SMILES string of the molecule is CNc1ccc(Oc2cc3cnn(C)c3cc2C(C=N)=CN)c(F)c1. The number of halogens is 1. The molecular formula is C18H18FN5O. The maximum Gasteiger partial charge on any atom is 0.167 e. The predicted molar refractivity (Wildman–Crippen MR) is 97.7 cm³/mol. The van der Waals surface area contributed by atoms with E-state index in [-0.39, 0.29) is 5.75 Å². The summed E-state index contributed by atoms with van der Waals surface area (Å²) in [5.41, 5.74) is 8.19. The van der Waals surface area contributed by atoms with Crippen molar-refractivity contribution in [3.63, 3.8) is 0 Å². The number of aryl methyl sites for hydroxylation is 1. The van der Waals surface area contributed by atoms with Crippen LogP contribution in [0.25, 0.3) is 16.5 Å². The van der Waals surface area contributed by atoms with Crippen LogP contribution in [0.1, 0.15) is 5.56 Å². The van der Waals surface area contributed by atoms with E-state index in [0.29, 0.717) is 22.6 Å². The second-order valence-electron chi connectivity index (χ2n) is 5.44. The number of allylic oxidation sites excluding steroid dienone is 1. The lowest BCUT2D eigenvalue weighted by atomic mass is 10.0. The topological polar surface area (TPSA) is 89.0 Å². The lowest BCUT2D eigenvalue weighted by Gasteiger charge is -2.13. The Morgan fingerprint density at radius 2 is 2.12 bits per heavy atom. The van der Waals surface area contributed by atoms with Gasteiger partial charge in [0.1, 0.15) is 5.75 Å². The third-order valence-corrected chi connectivity index (χ3v) is 3.93. The lowest BCUT2D eigenvalue weighted by molar-refractivity contribution is 0.442. The fourth-order valence-electron chi connectivity index (χ4n) is 2.56. The fraction of sp³-hybridized carbons (Fsp3) is 0.111. The Balaban J connectivity index is 2.13. The van der Waals surface area contributed by atoms with Crippen molar-refractivity contribution < 1.29 is 9.13 Å². The number of nitrogens with two attached hydrogens (primary N) is 1. The molecule has 1 heterocycles. The highest BCUT2D eigenvalue weighted by Gasteiger charge is 2.15. The Morgan fingerprint density at radius 1 is 1.32 bits per heavy atom. The molecule has 0 spiro atoms. The third-order valence-electron chi connectivity index (χ3n) is 3.93. The summed E-state index contributed by atoms with van der Waals surface area (Å²) in [6.45, 7) is 0. The minimum absolute atomic E-state index is 0.0878. The van der Waals surface area contributed by atoms with Crippen molar-refractivity contribution in [2.75, 3.05) is 12.4 Å². The van der Waals surface area contributed by atoms with E-state index in [1.165, 1.54) is 12.3 Å². The highest BCUT2D eigenvalue weighted by Crippen LogP contribution is 2.35. The molecule has 0 aliphatic carbocycles. The maximum atomic E-state index is 14.3. The summed E-state index contributed by atoms with van der Waals surface area (Å²) in [5.74, 6) is -0.00105. The molecule has 0 atom stereocenters. The van der Waals surface area contributed by atoms with Crippen LogP contribution < -0.4 is 15.8 Å². The van der Waals surface area contributed by atoms with Crippen LogP contribution in [0, 0.1) is 11.2 Å². The van der Waals surface area contributed by atoms with Gasteiger partial charge in [0.05, 0.1) is 11.7 Å². The molecule has 6 nitrogen and oxygen atoms in total. The van der Waals surface area contributed by atoms with Crippen LogP contribution in [0.15, 0.2) is 42.7 Å². The number of benzene rings is 2. The standard InChI is InChI=1S/C18H18FN5O/c1-22-13-3-4-17(15(19)6-13)25-18-5-11-10-23-24(2)16(11)7-14(18)12(8-20)9-21/h3-10,20,22H,21H2,1-2H3. The van der Waals surface area contributed by atoms with E-state index in [2.05, 4.69) is 10.4 Å². The highest BCUT2D eigenvalue weighted by molar-refractivity contribution is 6.10. The van der Waals surface area contributed by atoms with Gasteiger partial charge in [-0.05, 0) is 24.3 Å². The predicted octanol–water partition coefficient (Wildman–Crippen LogP) is 3.50. The zero-order chi connectivity index (χ0) is 18.0. The number of fused-ring (bicyclic) bond motifs is 1. The zero-order valence-electron chi connectivity index (χ0n) is 13.9. The molecule has 3 aromatic rings. The molecule has 0 aliphatic rings. The smallest absolute Gasteiger partial charge is 0.167 e. The molecule has 4 N–H and O–H groups in total. The first-order valence-corrected chi connectivity index (χ1v) is 7.61. The van der Waals surface area contributed by atoms with Crippen LogP contribution in [0.4, 0.5) is 10.1 Å². The van der Waals surface area contributed by atoms with Crippen molar-refractivity contribution in [2.45, 2.75) is 0 Å². The summed E-state index contributed by atoms with van der Waals surface area (Å²) in [6, 6.07) is 8.21. The van der Waals surface area contributed by atoms with Gasteiger partial charge in [-0.2, -0.15) is 5.10 Å². The monoisotopic (exact) mass is 339 g/mol. The number of nitrogens with one attached hydrogen (secondary N) is 2. The molecule has 1 aromatic heterocycles. The average molecular weight is 339 g/mol. The summed E-state index contributed by atoms with van der Waals surface area (Å²) >= 11 is 0. The molecule has 0 saturated heterocycles. The van der Waals surface area contributed by atoms with Crippen LogP contribution >= 0.6 is 0 Å². The molecule has 0 fully saturated rings. The molecule has 0 radical (unpaired) electrons. The number of aromatic nitrogens is 2. The molecule has 3 rings (SSSR count). The first kappa shape index (κ1) is 16.5. The second-order valence-corrected chi connectivity index (χ2v) is 5.44. The van der Waals surface area contributed by atoms with Gasteiger partial charge in [0.25, 0.3) is 0 Å². The van der Waals surface area contributed by atoms with E-state index in [9.17, 15) is 4.39 Å². The molecule has 0 amide bonds. The van der Waals surface area contributed by atoms with E-state index >= 15 is 0 Å². The van der Waals surface area contributed by atoms with Crippen molar-refractivity contribution >= 4 is 28.4 Å². The van der Waals surface area contributed by atoms with Gasteiger partial charge in [0, 0.05) is 54.8 Å². The number of hydrogen-bond donors (Lipinski definition) is 3. The average Bonchev–Trinajstić information content (AvgIpc) is 2.98. The molecule has 2 aromatic carbocycles. The van der Waals surface area contributed by atoms with Crippen LogP contribution in [-0.2, 0) is 7.05 Å². The highest BCUT2D eigenvalue weighted by atomic mass is 19.1. The molecular weight excluding hydrogens is 321 g/mol. The normalized spacial score (nSPS) is 11.6. The van der Waals surface area contributed by atoms with E-state index in [1.54, 1.807) is 36.1 Å². The summed E-state index contributed by atoms with van der Waals surface area (Å²) in [7, 11) is 3.53. The minimum atomic E-state index is -0.489. The van der Waals surface area contributed by atoms with E-state index in [1.807, 2.05) is 13.1 Å². The molecule has 0 aliphatic heterocycles. The quantitative estimate of drug-likeness (QED) is 0.621. The molecule has 0 bridgehead atoms. The first-order chi connectivity index (χ1) is 12.1. The summed E-state index contributed by atoms with van der Waals surface area (Å²) < 4.78 is 21.8. The Kier molecular flexibility index (Phi) is 4.38. The fourth-order valence-corrected chi connectivity index (χ4v) is 2.56. The molecule has 0 unspecified atom stereocenters. The second kappa shape index (κ2) is 6.64. The summed E-state index contributed by atoms with van der Waals surface area (Å²) in [4.78, 5) is 0. The van der Waals surface area contributed by atoms with Gasteiger partial charge in [-0.3, -0.25) is 4.68 Å². The number of hydrogen-bond acceptors (Lipinski definition) is 5. The van der Waals surface area contributed by atoms with Gasteiger partial charge in [-0.15, -0.1) is 0 Å². The Hall–Kier alpha value is -3.35. The van der Waals surface area contributed by atoms with Crippen molar-refractivity contribution in [2.24, 2.45) is 12.8 Å². The molecule has 128 valence electrons.